The largest absolute Gasteiger partial charge is 0.352 e. The van der Waals surface area contributed by atoms with E-state index in [1.807, 2.05) is 0 Å². The van der Waals surface area contributed by atoms with Crippen molar-refractivity contribution < 1.29 is 18.0 Å². The number of nitrogens with one attached hydrogen (secondary N) is 1. The van der Waals surface area contributed by atoms with Crippen molar-refractivity contribution in [3.8, 4) is 0 Å². The predicted octanol–water partition coefficient (Wildman–Crippen LogP) is 7.36. The quantitative estimate of drug-likeness (QED) is 0.244. The fourth-order valence-electron chi connectivity index (χ4n) is 4.92. The number of sulfonamides is 1. The average molecular weight is 671 g/mol. The first kappa shape index (κ1) is 32.4. The Kier molecular flexibility index (Phi) is 11.1. The number of hydrogen-bond acceptors (Lipinski definition) is 4. The molecule has 1 atom stereocenters. The van der Waals surface area contributed by atoms with Crippen LogP contribution in [0.3, 0.4) is 0 Å². The normalized spacial score (nSPS) is 14.7. The van der Waals surface area contributed by atoms with Gasteiger partial charge in [-0.25, -0.2) is 8.42 Å². The molecular weight excluding hydrogens is 640 g/mol. The summed E-state index contributed by atoms with van der Waals surface area (Å²) >= 11 is 25.6. The van der Waals surface area contributed by atoms with E-state index < -0.39 is 28.5 Å². The van der Waals surface area contributed by atoms with Crippen molar-refractivity contribution >= 4 is 73.9 Å². The lowest BCUT2D eigenvalue weighted by molar-refractivity contribution is -0.139. The number of amides is 2. The lowest BCUT2D eigenvalue weighted by Gasteiger charge is -2.33. The Balaban J connectivity index is 1.73. The van der Waals surface area contributed by atoms with E-state index in [4.69, 9.17) is 46.4 Å². The van der Waals surface area contributed by atoms with Gasteiger partial charge < -0.3 is 10.2 Å². The molecule has 42 heavy (non-hydrogen) atoms. The van der Waals surface area contributed by atoms with E-state index in [0.717, 1.165) is 36.4 Å². The van der Waals surface area contributed by atoms with Crippen LogP contribution in [0.2, 0.25) is 20.1 Å². The fourth-order valence-corrected chi connectivity index (χ4v) is 7.33. The molecule has 1 N–H and O–H groups in total. The first-order valence-electron chi connectivity index (χ1n) is 13.5. The Labute approximate surface area is 266 Å². The molecule has 0 spiro atoms. The molecule has 1 saturated carbocycles. The smallest absolute Gasteiger partial charge is 0.264 e. The van der Waals surface area contributed by atoms with Crippen LogP contribution in [0.4, 0.5) is 5.69 Å². The molecule has 0 bridgehead atoms. The van der Waals surface area contributed by atoms with Crippen LogP contribution in [0.25, 0.3) is 0 Å². The van der Waals surface area contributed by atoms with Gasteiger partial charge in [-0.1, -0.05) is 96.0 Å². The van der Waals surface area contributed by atoms with Crippen molar-refractivity contribution in [2.75, 3.05) is 10.8 Å². The number of carbonyl (C=O) groups excluding carboxylic acids is 2. The highest BCUT2D eigenvalue weighted by Gasteiger charge is 2.34. The summed E-state index contributed by atoms with van der Waals surface area (Å²) in [5, 5.41) is 3.77. The molecule has 0 radical (unpaired) electrons. The molecule has 1 fully saturated rings. The highest BCUT2D eigenvalue weighted by Crippen LogP contribution is 2.36. The van der Waals surface area contributed by atoms with E-state index in [9.17, 15) is 18.0 Å². The summed E-state index contributed by atoms with van der Waals surface area (Å²) in [5.41, 5.74) is 0.459. The second-order valence-corrected chi connectivity index (χ2v) is 13.6. The molecule has 0 heterocycles. The minimum Gasteiger partial charge on any atom is -0.352 e. The molecule has 2 amide bonds. The molecule has 12 heteroatoms. The molecule has 4 rings (SSSR count). The summed E-state index contributed by atoms with van der Waals surface area (Å²) in [7, 11) is -4.29. The maximum atomic E-state index is 14.1. The van der Waals surface area contributed by atoms with E-state index in [0.29, 0.717) is 15.6 Å². The van der Waals surface area contributed by atoms with Crippen molar-refractivity contribution in [3.63, 3.8) is 0 Å². The first-order chi connectivity index (χ1) is 20.0. The molecule has 224 valence electrons. The molecule has 7 nitrogen and oxygen atoms in total. The van der Waals surface area contributed by atoms with Crippen LogP contribution in [0.15, 0.2) is 71.6 Å². The number of rotatable bonds is 10. The second-order valence-electron chi connectivity index (χ2n) is 10.1. The van der Waals surface area contributed by atoms with Gasteiger partial charge in [-0.3, -0.25) is 13.9 Å². The second kappa shape index (κ2) is 14.3. The standard InChI is InChI=1S/C30H31Cl4N3O4S/c1-20(30(39)35-21-10-4-2-5-11-21)36(18-23-24(31)14-8-15-25(23)32)28(38)19-37(27-17-9-16-26(33)29(27)34)42(40,41)22-12-6-3-7-13-22/h3,6-9,12-17,20-21H,2,4-5,10-11,18-19H2,1H3,(H,35,39)/t20-/m1/s1. The van der Waals surface area contributed by atoms with Gasteiger partial charge >= 0.3 is 0 Å². The van der Waals surface area contributed by atoms with E-state index in [-0.39, 0.29) is 39.1 Å². The van der Waals surface area contributed by atoms with Crippen molar-refractivity contribution in [3.05, 3.63) is 92.4 Å². The number of anilines is 1. The minimum atomic E-state index is -4.29. The maximum Gasteiger partial charge on any atom is 0.264 e. The first-order valence-corrected chi connectivity index (χ1v) is 16.5. The summed E-state index contributed by atoms with van der Waals surface area (Å²) in [6, 6.07) is 16.2. The van der Waals surface area contributed by atoms with Crippen LogP contribution >= 0.6 is 46.4 Å². The van der Waals surface area contributed by atoms with E-state index in [1.165, 1.54) is 29.2 Å². The monoisotopic (exact) mass is 669 g/mol. The topological polar surface area (TPSA) is 86.8 Å². The van der Waals surface area contributed by atoms with Gasteiger partial charge in [-0.2, -0.15) is 0 Å². The zero-order chi connectivity index (χ0) is 30.4. The summed E-state index contributed by atoms with van der Waals surface area (Å²) in [4.78, 5) is 28.8. The van der Waals surface area contributed by atoms with Crippen LogP contribution < -0.4 is 9.62 Å². The highest BCUT2D eigenvalue weighted by molar-refractivity contribution is 7.92. The molecule has 0 aromatic heterocycles. The van der Waals surface area contributed by atoms with Crippen LogP contribution in [0, 0.1) is 0 Å². The Morgan fingerprint density at radius 1 is 0.857 bits per heavy atom. The lowest BCUT2D eigenvalue weighted by atomic mass is 9.95. The SMILES string of the molecule is C[C@H](C(=O)NC1CCCCC1)N(Cc1c(Cl)cccc1Cl)C(=O)CN(c1cccc(Cl)c1Cl)S(=O)(=O)c1ccccc1. The molecule has 0 unspecified atom stereocenters. The van der Waals surface area contributed by atoms with Crippen molar-refractivity contribution in [2.24, 2.45) is 0 Å². The summed E-state index contributed by atoms with van der Waals surface area (Å²) in [5.74, 6) is -1.01. The van der Waals surface area contributed by atoms with Crippen molar-refractivity contribution in [1.29, 1.82) is 0 Å². The summed E-state index contributed by atoms with van der Waals surface area (Å²) in [6.45, 7) is 0.808. The van der Waals surface area contributed by atoms with Gasteiger partial charge in [0.25, 0.3) is 10.0 Å². The molecule has 3 aromatic rings. The van der Waals surface area contributed by atoms with Gasteiger partial charge in [-0.15, -0.1) is 0 Å². The van der Waals surface area contributed by atoms with Gasteiger partial charge in [0.1, 0.15) is 12.6 Å². The Hall–Kier alpha value is -2.49. The van der Waals surface area contributed by atoms with E-state index in [1.54, 1.807) is 49.4 Å². The van der Waals surface area contributed by atoms with Gasteiger partial charge in [0.05, 0.1) is 20.6 Å². The predicted molar refractivity (Wildman–Crippen MR) is 169 cm³/mol. The van der Waals surface area contributed by atoms with Crippen LogP contribution in [0.1, 0.15) is 44.6 Å². The summed E-state index contributed by atoms with van der Waals surface area (Å²) in [6.07, 6.45) is 4.88. The number of benzene rings is 3. The number of halogens is 4. The third-order valence-electron chi connectivity index (χ3n) is 7.32. The summed E-state index contributed by atoms with van der Waals surface area (Å²) < 4.78 is 28.7. The Morgan fingerprint density at radius 2 is 1.45 bits per heavy atom. The van der Waals surface area contributed by atoms with Crippen LogP contribution in [-0.2, 0) is 26.2 Å². The van der Waals surface area contributed by atoms with Crippen LogP contribution in [0.5, 0.6) is 0 Å². The lowest BCUT2D eigenvalue weighted by Crippen LogP contribution is -2.53. The fraction of sp³-hybridized carbons (Fsp3) is 0.333. The maximum absolute atomic E-state index is 14.1. The Morgan fingerprint density at radius 3 is 2.10 bits per heavy atom. The zero-order valence-corrected chi connectivity index (χ0v) is 26.7. The third kappa shape index (κ3) is 7.53. The van der Waals surface area contributed by atoms with Gasteiger partial charge in [0.2, 0.25) is 11.8 Å². The molecule has 1 aliphatic rings. The molecule has 0 saturated heterocycles. The molecule has 3 aromatic carbocycles. The average Bonchev–Trinajstić information content (AvgIpc) is 2.98. The van der Waals surface area contributed by atoms with E-state index in [2.05, 4.69) is 5.32 Å². The Bertz CT molecular complexity index is 1510. The zero-order valence-electron chi connectivity index (χ0n) is 22.9. The third-order valence-corrected chi connectivity index (χ3v) is 10.6. The highest BCUT2D eigenvalue weighted by atomic mass is 35.5. The van der Waals surface area contributed by atoms with Crippen LogP contribution in [-0.4, -0.2) is 43.8 Å². The number of hydrogen-bond donors (Lipinski definition) is 1. The van der Waals surface area contributed by atoms with Gasteiger partial charge in [-0.05, 0) is 56.2 Å². The molecule has 1 aliphatic carbocycles. The molecule has 0 aliphatic heterocycles. The molecular formula is C30H31Cl4N3O4S. The minimum absolute atomic E-state index is 0.00905. The van der Waals surface area contributed by atoms with E-state index >= 15 is 0 Å². The van der Waals surface area contributed by atoms with Gasteiger partial charge in [0.15, 0.2) is 0 Å². The van der Waals surface area contributed by atoms with Crippen molar-refractivity contribution in [1.82, 2.24) is 10.2 Å². The number of carbonyl (C=O) groups is 2. The number of nitrogens with zero attached hydrogens (tertiary/aromatic N) is 2. The van der Waals surface area contributed by atoms with Gasteiger partial charge in [0, 0.05) is 28.2 Å². The van der Waals surface area contributed by atoms with Crippen molar-refractivity contribution in [2.45, 2.75) is 62.6 Å².